The molecule has 3 unspecified atom stereocenters. The van der Waals surface area contributed by atoms with E-state index in [4.69, 9.17) is 4.74 Å². The van der Waals surface area contributed by atoms with Gasteiger partial charge in [-0.05, 0) is 83.9 Å². The normalized spacial score (nSPS) is 16.4. The number of alkyl carbamates (subject to hydrolysis) is 1. The first-order chi connectivity index (χ1) is 15.7. The van der Waals surface area contributed by atoms with Gasteiger partial charge in [0.1, 0.15) is 17.7 Å². The van der Waals surface area contributed by atoms with Crippen molar-refractivity contribution in [2.45, 2.75) is 111 Å². The van der Waals surface area contributed by atoms with Crippen LogP contribution in [0.3, 0.4) is 0 Å². The number of carbonyl (C=O) groups is 3. The van der Waals surface area contributed by atoms with E-state index in [9.17, 15) is 14.4 Å². The Hall–Kier alpha value is -2.57. The standard InChI is InChI=1S/C27H43N3O4/c1-10-17(4)22(29-26(33)34-27(7,8)9)25(32)30(21-13-14-21)23(24(31)28-16(2)3)20-12-11-18(5)19(6)15-20/h11-12,15-17,21-23H,10,13-14H2,1-9H3,(H,28,31)(H,29,33). The van der Waals surface area contributed by atoms with Crippen LogP contribution in [0, 0.1) is 19.8 Å². The molecule has 1 saturated carbocycles. The minimum Gasteiger partial charge on any atom is -0.444 e. The molecule has 0 saturated heterocycles. The molecule has 0 heterocycles. The first-order valence-electron chi connectivity index (χ1n) is 12.4. The van der Waals surface area contributed by atoms with Gasteiger partial charge in [-0.15, -0.1) is 0 Å². The van der Waals surface area contributed by atoms with Crippen molar-refractivity contribution >= 4 is 17.9 Å². The van der Waals surface area contributed by atoms with Crippen LogP contribution >= 0.6 is 0 Å². The summed E-state index contributed by atoms with van der Waals surface area (Å²) < 4.78 is 5.44. The second-order valence-corrected chi connectivity index (χ2v) is 10.9. The Morgan fingerprint density at radius 2 is 1.68 bits per heavy atom. The third kappa shape index (κ3) is 7.47. The molecule has 1 aliphatic rings. The maximum absolute atomic E-state index is 14.1. The molecule has 0 aliphatic heterocycles. The van der Waals surface area contributed by atoms with Gasteiger partial charge in [-0.2, -0.15) is 0 Å². The highest BCUT2D eigenvalue weighted by Gasteiger charge is 2.45. The van der Waals surface area contributed by atoms with Crippen LogP contribution in [0.25, 0.3) is 0 Å². The number of amides is 3. The summed E-state index contributed by atoms with van der Waals surface area (Å²) in [6.45, 7) is 17.1. The van der Waals surface area contributed by atoms with Gasteiger partial charge in [0.15, 0.2) is 0 Å². The largest absolute Gasteiger partial charge is 0.444 e. The number of benzene rings is 1. The molecule has 0 spiro atoms. The average Bonchev–Trinajstić information content (AvgIpc) is 3.54. The number of carbonyl (C=O) groups excluding carboxylic acids is 3. The molecule has 0 radical (unpaired) electrons. The van der Waals surface area contributed by atoms with E-state index in [1.807, 2.05) is 59.7 Å². The fraction of sp³-hybridized carbons (Fsp3) is 0.667. The van der Waals surface area contributed by atoms with Gasteiger partial charge in [0.05, 0.1) is 0 Å². The average molecular weight is 474 g/mol. The van der Waals surface area contributed by atoms with Gasteiger partial charge in [-0.3, -0.25) is 9.59 Å². The molecule has 0 bridgehead atoms. The van der Waals surface area contributed by atoms with Crippen LogP contribution in [-0.4, -0.2) is 46.5 Å². The van der Waals surface area contributed by atoms with Crippen LogP contribution in [0.15, 0.2) is 18.2 Å². The van der Waals surface area contributed by atoms with Crippen LogP contribution in [0.2, 0.25) is 0 Å². The van der Waals surface area contributed by atoms with Gasteiger partial charge in [-0.25, -0.2) is 4.79 Å². The van der Waals surface area contributed by atoms with Crippen molar-refractivity contribution in [1.82, 2.24) is 15.5 Å². The van der Waals surface area contributed by atoms with E-state index in [1.165, 1.54) is 0 Å². The number of ether oxygens (including phenoxy) is 1. The second-order valence-electron chi connectivity index (χ2n) is 10.9. The molecule has 3 atom stereocenters. The molecule has 34 heavy (non-hydrogen) atoms. The summed E-state index contributed by atoms with van der Waals surface area (Å²) in [4.78, 5) is 41.9. The van der Waals surface area contributed by atoms with E-state index in [-0.39, 0.29) is 29.8 Å². The summed E-state index contributed by atoms with van der Waals surface area (Å²) in [6.07, 6.45) is 1.73. The van der Waals surface area contributed by atoms with E-state index in [0.717, 1.165) is 29.5 Å². The molecule has 2 rings (SSSR count). The molecule has 0 aromatic heterocycles. The smallest absolute Gasteiger partial charge is 0.408 e. The number of rotatable bonds is 9. The third-order valence-electron chi connectivity index (χ3n) is 6.15. The van der Waals surface area contributed by atoms with Crippen molar-refractivity contribution in [3.8, 4) is 0 Å². The minimum absolute atomic E-state index is 0.0379. The van der Waals surface area contributed by atoms with Gasteiger partial charge >= 0.3 is 6.09 Å². The SMILES string of the molecule is CCC(C)C(NC(=O)OC(C)(C)C)C(=O)N(C1CC1)C(C(=O)NC(C)C)c1ccc(C)c(C)c1. The molecule has 190 valence electrons. The Balaban J connectivity index is 2.49. The van der Waals surface area contributed by atoms with E-state index >= 15 is 0 Å². The summed E-state index contributed by atoms with van der Waals surface area (Å²) in [5.41, 5.74) is 2.29. The molecule has 3 amide bonds. The highest BCUT2D eigenvalue weighted by atomic mass is 16.6. The van der Waals surface area contributed by atoms with Crippen LogP contribution in [0.5, 0.6) is 0 Å². The lowest BCUT2D eigenvalue weighted by Crippen LogP contribution is -2.56. The highest BCUT2D eigenvalue weighted by Crippen LogP contribution is 2.37. The van der Waals surface area contributed by atoms with Crippen molar-refractivity contribution in [3.05, 3.63) is 34.9 Å². The molecule has 7 nitrogen and oxygen atoms in total. The number of aryl methyl sites for hydroxylation is 2. The van der Waals surface area contributed by atoms with Crippen molar-refractivity contribution in [2.75, 3.05) is 0 Å². The molecule has 1 aliphatic carbocycles. The van der Waals surface area contributed by atoms with Crippen molar-refractivity contribution < 1.29 is 19.1 Å². The number of nitrogens with one attached hydrogen (secondary N) is 2. The van der Waals surface area contributed by atoms with Gasteiger partial charge in [-0.1, -0.05) is 38.5 Å². The first kappa shape index (κ1) is 27.7. The van der Waals surface area contributed by atoms with Crippen molar-refractivity contribution in [3.63, 3.8) is 0 Å². The Morgan fingerprint density at radius 1 is 1.06 bits per heavy atom. The quantitative estimate of drug-likeness (QED) is 0.539. The second kappa shape index (κ2) is 11.2. The highest BCUT2D eigenvalue weighted by molar-refractivity contribution is 5.93. The number of hydrogen-bond acceptors (Lipinski definition) is 4. The van der Waals surface area contributed by atoms with Gasteiger partial charge < -0.3 is 20.3 Å². The summed E-state index contributed by atoms with van der Waals surface area (Å²) >= 11 is 0. The Bertz CT molecular complexity index is 886. The van der Waals surface area contributed by atoms with E-state index in [1.54, 1.807) is 25.7 Å². The number of hydrogen-bond donors (Lipinski definition) is 2. The third-order valence-corrected chi connectivity index (χ3v) is 6.15. The van der Waals surface area contributed by atoms with Crippen LogP contribution in [0.1, 0.15) is 90.5 Å². The van der Waals surface area contributed by atoms with Crippen molar-refractivity contribution in [1.29, 1.82) is 0 Å². The van der Waals surface area contributed by atoms with Gasteiger partial charge in [0.2, 0.25) is 11.8 Å². The predicted molar refractivity (Wildman–Crippen MR) is 134 cm³/mol. The summed E-state index contributed by atoms with van der Waals surface area (Å²) in [5, 5.41) is 5.81. The summed E-state index contributed by atoms with van der Waals surface area (Å²) in [5.74, 6) is -0.585. The van der Waals surface area contributed by atoms with Gasteiger partial charge in [0, 0.05) is 12.1 Å². The molecular formula is C27H43N3O4. The Kier molecular flexibility index (Phi) is 9.15. The number of nitrogens with zero attached hydrogens (tertiary/aromatic N) is 1. The summed E-state index contributed by atoms with van der Waals surface area (Å²) in [6, 6.07) is 4.24. The molecule has 1 fully saturated rings. The molecule has 1 aromatic rings. The first-order valence-corrected chi connectivity index (χ1v) is 12.4. The topological polar surface area (TPSA) is 87.7 Å². The lowest BCUT2D eigenvalue weighted by Gasteiger charge is -2.36. The molecule has 7 heteroatoms. The van der Waals surface area contributed by atoms with E-state index in [2.05, 4.69) is 10.6 Å². The zero-order valence-corrected chi connectivity index (χ0v) is 22.3. The lowest BCUT2D eigenvalue weighted by atomic mass is 9.94. The van der Waals surface area contributed by atoms with Crippen LogP contribution < -0.4 is 10.6 Å². The zero-order valence-electron chi connectivity index (χ0n) is 22.3. The Labute approximate surface area is 205 Å². The van der Waals surface area contributed by atoms with Crippen molar-refractivity contribution in [2.24, 2.45) is 5.92 Å². The fourth-order valence-electron chi connectivity index (χ4n) is 3.89. The molecular weight excluding hydrogens is 430 g/mol. The van der Waals surface area contributed by atoms with Gasteiger partial charge in [0.25, 0.3) is 0 Å². The summed E-state index contributed by atoms with van der Waals surface area (Å²) in [7, 11) is 0. The maximum Gasteiger partial charge on any atom is 0.408 e. The fourth-order valence-corrected chi connectivity index (χ4v) is 3.89. The monoisotopic (exact) mass is 473 g/mol. The van der Waals surface area contributed by atoms with E-state index < -0.39 is 23.8 Å². The molecule has 2 N–H and O–H groups in total. The van der Waals surface area contributed by atoms with Crippen LogP contribution in [-0.2, 0) is 14.3 Å². The molecule has 1 aromatic carbocycles. The van der Waals surface area contributed by atoms with E-state index in [0.29, 0.717) is 6.42 Å². The minimum atomic E-state index is -0.790. The zero-order chi connectivity index (χ0) is 25.8. The maximum atomic E-state index is 14.1. The Morgan fingerprint density at radius 3 is 2.15 bits per heavy atom. The van der Waals surface area contributed by atoms with Crippen LogP contribution in [0.4, 0.5) is 4.79 Å². The predicted octanol–water partition coefficient (Wildman–Crippen LogP) is 4.80. The lowest BCUT2D eigenvalue weighted by molar-refractivity contribution is -0.144.